The fourth-order valence-electron chi connectivity index (χ4n) is 1.17. The molecule has 0 atom stereocenters. The lowest BCUT2D eigenvalue weighted by atomic mass is 10.1. The highest BCUT2D eigenvalue weighted by Gasteiger charge is 2.06. The van der Waals surface area contributed by atoms with Crippen molar-refractivity contribution in [1.29, 1.82) is 5.41 Å². The Balaban J connectivity index is 3.26. The van der Waals surface area contributed by atoms with Gasteiger partial charge >= 0.3 is 0 Å². The SMILES string of the molecule is [CH2]c1ccc(C(=N)N)c(N(C)C)c1. The molecule has 0 heterocycles. The van der Waals surface area contributed by atoms with E-state index in [-0.39, 0.29) is 5.84 Å². The lowest BCUT2D eigenvalue weighted by Crippen LogP contribution is -2.18. The molecule has 1 rings (SSSR count). The average molecular weight is 176 g/mol. The van der Waals surface area contributed by atoms with Gasteiger partial charge in [-0.15, -0.1) is 0 Å². The summed E-state index contributed by atoms with van der Waals surface area (Å²) in [5.41, 5.74) is 8.04. The van der Waals surface area contributed by atoms with Crippen molar-refractivity contribution in [3.05, 3.63) is 36.2 Å². The van der Waals surface area contributed by atoms with Crippen LogP contribution >= 0.6 is 0 Å². The number of rotatable bonds is 2. The molecule has 1 aromatic carbocycles. The molecular formula is C10H14N3. The Morgan fingerprint density at radius 1 is 1.46 bits per heavy atom. The first-order valence-corrected chi connectivity index (χ1v) is 4.00. The standard InChI is InChI=1S/C10H14N3/c1-7-4-5-8(10(11)12)9(6-7)13(2)3/h4-6H,1H2,2-3H3,(H3,11,12). The van der Waals surface area contributed by atoms with Crippen LogP contribution in [0.25, 0.3) is 0 Å². The summed E-state index contributed by atoms with van der Waals surface area (Å²) in [6, 6.07) is 5.58. The van der Waals surface area contributed by atoms with Gasteiger partial charge in [-0.05, 0) is 24.6 Å². The first-order valence-electron chi connectivity index (χ1n) is 4.00. The maximum absolute atomic E-state index is 7.37. The smallest absolute Gasteiger partial charge is 0.124 e. The molecule has 0 unspecified atom stereocenters. The molecule has 0 fully saturated rings. The number of nitrogens with zero attached hydrogens (tertiary/aromatic N) is 1. The van der Waals surface area contributed by atoms with Crippen molar-refractivity contribution >= 4 is 11.5 Å². The Kier molecular flexibility index (Phi) is 2.56. The van der Waals surface area contributed by atoms with Crippen molar-refractivity contribution in [3.63, 3.8) is 0 Å². The Hall–Kier alpha value is -1.51. The molecule has 0 bridgehead atoms. The number of hydrogen-bond acceptors (Lipinski definition) is 2. The van der Waals surface area contributed by atoms with Crippen LogP contribution in [0.1, 0.15) is 11.1 Å². The second kappa shape index (κ2) is 3.47. The normalized spacial score (nSPS) is 9.77. The van der Waals surface area contributed by atoms with Gasteiger partial charge in [-0.3, -0.25) is 5.41 Å². The van der Waals surface area contributed by atoms with E-state index < -0.39 is 0 Å². The van der Waals surface area contributed by atoms with E-state index in [0.29, 0.717) is 0 Å². The quantitative estimate of drug-likeness (QED) is 0.526. The highest BCUT2D eigenvalue weighted by atomic mass is 15.1. The van der Waals surface area contributed by atoms with Crippen LogP contribution in [0.4, 0.5) is 5.69 Å². The van der Waals surface area contributed by atoms with Crippen molar-refractivity contribution in [2.24, 2.45) is 5.73 Å². The second-order valence-electron chi connectivity index (χ2n) is 3.16. The molecule has 13 heavy (non-hydrogen) atoms. The zero-order chi connectivity index (χ0) is 10.0. The van der Waals surface area contributed by atoms with E-state index >= 15 is 0 Å². The number of amidine groups is 1. The van der Waals surface area contributed by atoms with Gasteiger partial charge in [-0.1, -0.05) is 6.07 Å². The van der Waals surface area contributed by atoms with E-state index in [1.165, 1.54) is 0 Å². The van der Waals surface area contributed by atoms with E-state index in [9.17, 15) is 0 Å². The van der Waals surface area contributed by atoms with Gasteiger partial charge in [0.25, 0.3) is 0 Å². The van der Waals surface area contributed by atoms with E-state index in [4.69, 9.17) is 11.1 Å². The highest BCUT2D eigenvalue weighted by Crippen LogP contribution is 2.19. The zero-order valence-corrected chi connectivity index (χ0v) is 7.96. The lowest BCUT2D eigenvalue weighted by molar-refractivity contribution is 1.12. The van der Waals surface area contributed by atoms with Crippen molar-refractivity contribution in [1.82, 2.24) is 0 Å². The number of benzene rings is 1. The number of hydrogen-bond donors (Lipinski definition) is 2. The average Bonchev–Trinajstić information content (AvgIpc) is 2.03. The highest BCUT2D eigenvalue weighted by molar-refractivity contribution is 6.00. The molecular weight excluding hydrogens is 162 g/mol. The lowest BCUT2D eigenvalue weighted by Gasteiger charge is -2.17. The number of nitrogen functional groups attached to an aromatic ring is 1. The Morgan fingerprint density at radius 3 is 2.54 bits per heavy atom. The summed E-state index contributed by atoms with van der Waals surface area (Å²) in [6.07, 6.45) is 0. The maximum Gasteiger partial charge on any atom is 0.124 e. The third-order valence-corrected chi connectivity index (χ3v) is 1.83. The van der Waals surface area contributed by atoms with Crippen molar-refractivity contribution in [2.75, 3.05) is 19.0 Å². The summed E-state index contributed by atoms with van der Waals surface area (Å²) in [6.45, 7) is 3.83. The van der Waals surface area contributed by atoms with Crippen LogP contribution in [0.15, 0.2) is 18.2 Å². The summed E-state index contributed by atoms with van der Waals surface area (Å²) in [5, 5.41) is 7.37. The van der Waals surface area contributed by atoms with Crippen LogP contribution in [-0.4, -0.2) is 19.9 Å². The second-order valence-corrected chi connectivity index (χ2v) is 3.16. The van der Waals surface area contributed by atoms with Crippen LogP contribution in [0.5, 0.6) is 0 Å². The largest absolute Gasteiger partial charge is 0.384 e. The number of nitrogens with two attached hydrogens (primary N) is 1. The van der Waals surface area contributed by atoms with Crippen molar-refractivity contribution < 1.29 is 0 Å². The Labute approximate surface area is 78.7 Å². The van der Waals surface area contributed by atoms with E-state index in [1.807, 2.05) is 37.2 Å². The minimum absolute atomic E-state index is 0.0868. The summed E-state index contributed by atoms with van der Waals surface area (Å²) < 4.78 is 0. The molecule has 0 spiro atoms. The minimum Gasteiger partial charge on any atom is -0.384 e. The first kappa shape index (κ1) is 9.58. The van der Waals surface area contributed by atoms with E-state index in [0.717, 1.165) is 16.8 Å². The van der Waals surface area contributed by atoms with Gasteiger partial charge in [-0.2, -0.15) is 0 Å². The zero-order valence-electron chi connectivity index (χ0n) is 7.96. The third kappa shape index (κ3) is 1.99. The summed E-state index contributed by atoms with van der Waals surface area (Å²) in [4.78, 5) is 1.92. The Morgan fingerprint density at radius 2 is 2.08 bits per heavy atom. The topological polar surface area (TPSA) is 53.1 Å². The van der Waals surface area contributed by atoms with Gasteiger partial charge in [0.15, 0.2) is 0 Å². The maximum atomic E-state index is 7.37. The molecule has 1 radical (unpaired) electrons. The van der Waals surface area contributed by atoms with Gasteiger partial charge in [0.1, 0.15) is 5.84 Å². The number of anilines is 1. The van der Waals surface area contributed by atoms with Crippen LogP contribution in [0.2, 0.25) is 0 Å². The van der Waals surface area contributed by atoms with Crippen LogP contribution in [-0.2, 0) is 0 Å². The van der Waals surface area contributed by atoms with Gasteiger partial charge in [0, 0.05) is 25.3 Å². The Bertz CT molecular complexity index is 329. The molecule has 3 nitrogen and oxygen atoms in total. The minimum atomic E-state index is 0.0868. The molecule has 0 aromatic heterocycles. The van der Waals surface area contributed by atoms with E-state index in [1.54, 1.807) is 0 Å². The predicted molar refractivity (Wildman–Crippen MR) is 56.2 cm³/mol. The van der Waals surface area contributed by atoms with Gasteiger partial charge < -0.3 is 10.6 Å². The first-order chi connectivity index (χ1) is 6.02. The molecule has 0 aliphatic heterocycles. The monoisotopic (exact) mass is 176 g/mol. The molecule has 3 heteroatoms. The molecule has 3 N–H and O–H groups in total. The third-order valence-electron chi connectivity index (χ3n) is 1.83. The van der Waals surface area contributed by atoms with Gasteiger partial charge in [0.05, 0.1) is 0 Å². The van der Waals surface area contributed by atoms with Crippen LogP contribution in [0.3, 0.4) is 0 Å². The molecule has 1 aromatic rings. The van der Waals surface area contributed by atoms with Crippen molar-refractivity contribution in [3.8, 4) is 0 Å². The van der Waals surface area contributed by atoms with E-state index in [2.05, 4.69) is 6.92 Å². The predicted octanol–water partition coefficient (Wildman–Crippen LogP) is 1.22. The fourth-order valence-corrected chi connectivity index (χ4v) is 1.17. The van der Waals surface area contributed by atoms with Gasteiger partial charge in [-0.25, -0.2) is 0 Å². The molecule has 0 aliphatic carbocycles. The summed E-state index contributed by atoms with van der Waals surface area (Å²) in [7, 11) is 3.84. The molecule has 0 amide bonds. The van der Waals surface area contributed by atoms with Crippen LogP contribution in [0, 0.1) is 12.3 Å². The summed E-state index contributed by atoms with van der Waals surface area (Å²) >= 11 is 0. The summed E-state index contributed by atoms with van der Waals surface area (Å²) in [5.74, 6) is 0.0868. The van der Waals surface area contributed by atoms with Gasteiger partial charge in [0.2, 0.25) is 0 Å². The fraction of sp³-hybridized carbons (Fsp3) is 0.200. The number of nitrogens with one attached hydrogen (secondary N) is 1. The van der Waals surface area contributed by atoms with Crippen molar-refractivity contribution in [2.45, 2.75) is 0 Å². The van der Waals surface area contributed by atoms with Crippen LogP contribution < -0.4 is 10.6 Å². The molecule has 0 saturated carbocycles. The molecule has 0 aliphatic rings. The molecule has 69 valence electrons. The molecule has 0 saturated heterocycles.